The molecule has 0 bridgehead atoms. The molecule has 2 nitrogen and oxygen atoms in total. The lowest BCUT2D eigenvalue weighted by Gasteiger charge is -2.18. The Hall–Kier alpha value is -0.730. The van der Waals surface area contributed by atoms with Crippen molar-refractivity contribution in [2.75, 3.05) is 13.2 Å². The summed E-state index contributed by atoms with van der Waals surface area (Å²) in [5.74, 6) is 2.05. The lowest BCUT2D eigenvalue weighted by molar-refractivity contribution is 0.264. The van der Waals surface area contributed by atoms with Gasteiger partial charge in [0.2, 0.25) is 0 Å². The molecule has 1 aromatic carbocycles. The second kappa shape index (κ2) is 8.39. The Labute approximate surface area is 115 Å². The molecule has 0 amide bonds. The number of benzene rings is 1. The molecule has 0 aliphatic rings. The van der Waals surface area contributed by atoms with Crippen LogP contribution in [0.3, 0.4) is 0 Å². The predicted molar refractivity (Wildman–Crippen MR) is 78.2 cm³/mol. The van der Waals surface area contributed by atoms with Crippen LogP contribution >= 0.6 is 11.6 Å². The van der Waals surface area contributed by atoms with Crippen LogP contribution in [-0.2, 0) is 0 Å². The molecule has 0 aliphatic carbocycles. The highest BCUT2D eigenvalue weighted by atomic mass is 35.5. The van der Waals surface area contributed by atoms with Crippen LogP contribution in [0.15, 0.2) is 24.3 Å². The average molecular weight is 270 g/mol. The maximum absolute atomic E-state index is 6.03. The number of para-hydroxylation sites is 1. The van der Waals surface area contributed by atoms with Crippen LogP contribution in [0.2, 0.25) is 5.02 Å². The quantitative estimate of drug-likeness (QED) is 0.770. The van der Waals surface area contributed by atoms with Crippen LogP contribution in [0.1, 0.15) is 33.1 Å². The summed E-state index contributed by atoms with van der Waals surface area (Å²) in [7, 11) is 0. The minimum atomic E-state index is 0.639. The summed E-state index contributed by atoms with van der Waals surface area (Å²) in [4.78, 5) is 0. The second-order valence-electron chi connectivity index (χ2n) is 4.92. The molecule has 18 heavy (non-hydrogen) atoms. The van der Waals surface area contributed by atoms with Gasteiger partial charge < -0.3 is 10.5 Å². The van der Waals surface area contributed by atoms with Gasteiger partial charge in [-0.1, -0.05) is 44.0 Å². The van der Waals surface area contributed by atoms with Crippen LogP contribution < -0.4 is 10.5 Å². The predicted octanol–water partition coefficient (Wildman–Crippen LogP) is 4.12. The third kappa shape index (κ3) is 5.28. The molecule has 0 spiro atoms. The fourth-order valence-corrected chi connectivity index (χ4v) is 2.24. The standard InChI is InChI=1S/C15H24ClNO/c1-3-13(11-17)10-12(2)8-9-18-15-7-5-4-6-14(15)16/h4-7,12-13H,3,8-11,17H2,1-2H3/t12-,13+/m1/s1. The molecule has 1 rings (SSSR count). The molecule has 0 aromatic heterocycles. The highest BCUT2D eigenvalue weighted by molar-refractivity contribution is 6.32. The summed E-state index contributed by atoms with van der Waals surface area (Å²) in [5, 5.41) is 0.679. The smallest absolute Gasteiger partial charge is 0.137 e. The topological polar surface area (TPSA) is 35.2 Å². The van der Waals surface area contributed by atoms with Gasteiger partial charge in [0.05, 0.1) is 11.6 Å². The number of nitrogens with two attached hydrogens (primary N) is 1. The molecule has 0 radical (unpaired) electrons. The molecule has 2 atom stereocenters. The number of ether oxygens (including phenoxy) is 1. The first-order valence-corrected chi connectivity index (χ1v) is 7.12. The molecule has 0 saturated heterocycles. The Morgan fingerprint density at radius 3 is 2.67 bits per heavy atom. The summed E-state index contributed by atoms with van der Waals surface area (Å²) in [5.41, 5.74) is 5.72. The molecule has 0 heterocycles. The van der Waals surface area contributed by atoms with Crippen molar-refractivity contribution in [2.24, 2.45) is 17.6 Å². The number of hydrogen-bond donors (Lipinski definition) is 1. The Kier molecular flexibility index (Phi) is 7.14. The van der Waals surface area contributed by atoms with Gasteiger partial charge in [0.1, 0.15) is 5.75 Å². The van der Waals surface area contributed by atoms with E-state index < -0.39 is 0 Å². The zero-order valence-electron chi connectivity index (χ0n) is 11.4. The lowest BCUT2D eigenvalue weighted by Crippen LogP contribution is -2.17. The Balaban J connectivity index is 2.27. The third-order valence-corrected chi connectivity index (χ3v) is 3.66. The number of halogens is 1. The van der Waals surface area contributed by atoms with Gasteiger partial charge in [-0.05, 0) is 43.4 Å². The van der Waals surface area contributed by atoms with Gasteiger partial charge in [-0.2, -0.15) is 0 Å². The van der Waals surface area contributed by atoms with E-state index >= 15 is 0 Å². The minimum Gasteiger partial charge on any atom is -0.492 e. The van der Waals surface area contributed by atoms with E-state index in [1.54, 1.807) is 0 Å². The summed E-state index contributed by atoms with van der Waals surface area (Å²) < 4.78 is 5.69. The fourth-order valence-electron chi connectivity index (χ4n) is 2.05. The monoisotopic (exact) mass is 269 g/mol. The van der Waals surface area contributed by atoms with Gasteiger partial charge >= 0.3 is 0 Å². The minimum absolute atomic E-state index is 0.639. The highest BCUT2D eigenvalue weighted by Gasteiger charge is 2.10. The first-order valence-electron chi connectivity index (χ1n) is 6.74. The number of rotatable bonds is 8. The van der Waals surface area contributed by atoms with Gasteiger partial charge in [0.15, 0.2) is 0 Å². The van der Waals surface area contributed by atoms with Gasteiger partial charge in [-0.25, -0.2) is 0 Å². The van der Waals surface area contributed by atoms with Crippen molar-refractivity contribution >= 4 is 11.6 Å². The summed E-state index contributed by atoms with van der Waals surface area (Å²) in [6.07, 6.45) is 3.38. The van der Waals surface area contributed by atoms with Gasteiger partial charge in [0.25, 0.3) is 0 Å². The largest absolute Gasteiger partial charge is 0.492 e. The average Bonchev–Trinajstić information content (AvgIpc) is 2.38. The third-order valence-electron chi connectivity index (χ3n) is 3.35. The lowest BCUT2D eigenvalue weighted by atomic mass is 9.92. The molecule has 0 aliphatic heterocycles. The molecule has 0 fully saturated rings. The molecule has 0 saturated carbocycles. The van der Waals surface area contributed by atoms with Crippen molar-refractivity contribution in [3.63, 3.8) is 0 Å². The molecule has 2 N–H and O–H groups in total. The zero-order valence-corrected chi connectivity index (χ0v) is 12.1. The van der Waals surface area contributed by atoms with Crippen molar-refractivity contribution in [1.82, 2.24) is 0 Å². The van der Waals surface area contributed by atoms with Crippen molar-refractivity contribution in [3.8, 4) is 5.75 Å². The molecular formula is C15H24ClNO. The van der Waals surface area contributed by atoms with Gasteiger partial charge in [0, 0.05) is 0 Å². The Bertz CT molecular complexity index is 339. The van der Waals surface area contributed by atoms with Crippen molar-refractivity contribution in [3.05, 3.63) is 29.3 Å². The normalized spacial score (nSPS) is 14.2. The molecule has 0 unspecified atom stereocenters. The van der Waals surface area contributed by atoms with Crippen LogP contribution in [0.25, 0.3) is 0 Å². The summed E-state index contributed by atoms with van der Waals surface area (Å²) in [6.45, 7) is 5.96. The van der Waals surface area contributed by atoms with E-state index in [9.17, 15) is 0 Å². The first kappa shape index (κ1) is 15.3. The van der Waals surface area contributed by atoms with E-state index in [0.717, 1.165) is 25.1 Å². The Morgan fingerprint density at radius 1 is 1.33 bits per heavy atom. The van der Waals surface area contributed by atoms with E-state index in [2.05, 4.69) is 13.8 Å². The van der Waals surface area contributed by atoms with E-state index in [0.29, 0.717) is 23.5 Å². The maximum Gasteiger partial charge on any atom is 0.137 e. The molecule has 3 heteroatoms. The van der Waals surface area contributed by atoms with Crippen LogP contribution in [0, 0.1) is 11.8 Å². The zero-order chi connectivity index (χ0) is 13.4. The molecule has 1 aromatic rings. The highest BCUT2D eigenvalue weighted by Crippen LogP contribution is 2.24. The summed E-state index contributed by atoms with van der Waals surface area (Å²) >= 11 is 6.03. The fraction of sp³-hybridized carbons (Fsp3) is 0.600. The van der Waals surface area contributed by atoms with Crippen molar-refractivity contribution < 1.29 is 4.74 Å². The second-order valence-corrected chi connectivity index (χ2v) is 5.33. The van der Waals surface area contributed by atoms with E-state index in [1.807, 2.05) is 24.3 Å². The number of hydrogen-bond acceptors (Lipinski definition) is 2. The molecule has 102 valence electrons. The van der Waals surface area contributed by atoms with Crippen LogP contribution in [0.5, 0.6) is 5.75 Å². The summed E-state index contributed by atoms with van der Waals surface area (Å²) in [6, 6.07) is 7.60. The first-order chi connectivity index (χ1) is 8.67. The van der Waals surface area contributed by atoms with E-state index in [4.69, 9.17) is 22.1 Å². The maximum atomic E-state index is 6.03. The molecular weight excluding hydrogens is 246 g/mol. The SMILES string of the molecule is CC[C@H](CN)C[C@H](C)CCOc1ccccc1Cl. The van der Waals surface area contributed by atoms with Crippen LogP contribution in [0.4, 0.5) is 0 Å². The van der Waals surface area contributed by atoms with E-state index in [-0.39, 0.29) is 0 Å². The van der Waals surface area contributed by atoms with Crippen LogP contribution in [-0.4, -0.2) is 13.2 Å². The Morgan fingerprint density at radius 2 is 2.06 bits per heavy atom. The van der Waals surface area contributed by atoms with E-state index in [1.165, 1.54) is 6.42 Å². The van der Waals surface area contributed by atoms with Crippen molar-refractivity contribution in [2.45, 2.75) is 33.1 Å². The van der Waals surface area contributed by atoms with Gasteiger partial charge in [-0.3, -0.25) is 0 Å². The van der Waals surface area contributed by atoms with Gasteiger partial charge in [-0.15, -0.1) is 0 Å². The van der Waals surface area contributed by atoms with Crippen molar-refractivity contribution in [1.29, 1.82) is 0 Å².